The van der Waals surface area contributed by atoms with E-state index in [0.717, 1.165) is 31.6 Å². The molecule has 1 N–H and O–H groups in total. The monoisotopic (exact) mass is 287 g/mol. The summed E-state index contributed by atoms with van der Waals surface area (Å²) in [6.45, 7) is 5.52. The number of fused-ring (bicyclic) bond motifs is 1. The molecule has 5 nitrogen and oxygen atoms in total. The minimum absolute atomic E-state index is 0.715. The van der Waals surface area contributed by atoms with Crippen molar-refractivity contribution >= 4 is 5.95 Å². The van der Waals surface area contributed by atoms with Crippen LogP contribution in [0.2, 0.25) is 0 Å². The van der Waals surface area contributed by atoms with E-state index in [1.165, 1.54) is 50.8 Å². The third kappa shape index (κ3) is 3.19. The van der Waals surface area contributed by atoms with Crippen molar-refractivity contribution in [3.05, 3.63) is 18.0 Å². The van der Waals surface area contributed by atoms with Crippen LogP contribution in [0, 0.1) is 0 Å². The van der Waals surface area contributed by atoms with Crippen LogP contribution >= 0.6 is 0 Å². The first kappa shape index (κ1) is 13.5. The lowest BCUT2D eigenvalue weighted by molar-refractivity contribution is 0.133. The maximum Gasteiger partial charge on any atom is 0.225 e. The Morgan fingerprint density at radius 2 is 1.90 bits per heavy atom. The Labute approximate surface area is 126 Å². The minimum atomic E-state index is 0.715. The van der Waals surface area contributed by atoms with Gasteiger partial charge in [0.05, 0.1) is 0 Å². The van der Waals surface area contributed by atoms with E-state index in [0.29, 0.717) is 6.04 Å². The van der Waals surface area contributed by atoms with Gasteiger partial charge in [0, 0.05) is 56.2 Å². The van der Waals surface area contributed by atoms with Crippen LogP contribution < -0.4 is 10.2 Å². The lowest BCUT2D eigenvalue weighted by Gasteiger charge is -2.44. The van der Waals surface area contributed by atoms with Gasteiger partial charge in [-0.15, -0.1) is 0 Å². The molecule has 0 radical (unpaired) electrons. The van der Waals surface area contributed by atoms with E-state index in [4.69, 9.17) is 0 Å². The summed E-state index contributed by atoms with van der Waals surface area (Å²) in [6, 6.07) is 1.45. The highest BCUT2D eigenvalue weighted by atomic mass is 15.3. The third-order valence-corrected chi connectivity index (χ3v) is 4.98. The van der Waals surface area contributed by atoms with E-state index in [9.17, 15) is 0 Å². The zero-order valence-corrected chi connectivity index (χ0v) is 12.7. The molecule has 1 unspecified atom stereocenters. The number of hydrogen-bond acceptors (Lipinski definition) is 5. The molecule has 2 saturated heterocycles. The SMILES string of the molecule is c1nc(N2CCN3CCCCC3C2)ncc1CNC1CC1. The molecule has 5 heteroatoms. The first-order chi connectivity index (χ1) is 10.4. The Bertz CT molecular complexity index is 470. The number of rotatable bonds is 4. The molecule has 3 aliphatic rings. The summed E-state index contributed by atoms with van der Waals surface area (Å²) in [5, 5.41) is 3.51. The maximum atomic E-state index is 4.59. The van der Waals surface area contributed by atoms with Gasteiger partial charge in [-0.1, -0.05) is 6.42 Å². The molecular weight excluding hydrogens is 262 g/mol. The van der Waals surface area contributed by atoms with Crippen LogP contribution in [0.25, 0.3) is 0 Å². The second-order valence-electron chi connectivity index (χ2n) is 6.68. The molecular formula is C16H25N5. The Morgan fingerprint density at radius 1 is 1.05 bits per heavy atom. The second kappa shape index (κ2) is 5.89. The number of nitrogens with zero attached hydrogens (tertiary/aromatic N) is 4. The summed E-state index contributed by atoms with van der Waals surface area (Å²) in [7, 11) is 0. The average Bonchev–Trinajstić information content (AvgIpc) is 3.37. The van der Waals surface area contributed by atoms with Gasteiger partial charge in [-0.25, -0.2) is 9.97 Å². The normalized spacial score (nSPS) is 26.7. The van der Waals surface area contributed by atoms with Gasteiger partial charge in [-0.2, -0.15) is 0 Å². The van der Waals surface area contributed by atoms with Crippen LogP contribution in [0.3, 0.4) is 0 Å². The molecule has 2 aliphatic heterocycles. The van der Waals surface area contributed by atoms with E-state index in [1.807, 2.05) is 12.4 Å². The molecule has 0 amide bonds. The van der Waals surface area contributed by atoms with E-state index >= 15 is 0 Å². The summed E-state index contributed by atoms with van der Waals surface area (Å²) in [4.78, 5) is 14.2. The number of piperazine rings is 1. The number of hydrogen-bond donors (Lipinski definition) is 1. The zero-order chi connectivity index (χ0) is 14.1. The van der Waals surface area contributed by atoms with Crippen molar-refractivity contribution in [2.24, 2.45) is 0 Å². The summed E-state index contributed by atoms with van der Waals surface area (Å²) < 4.78 is 0. The quantitative estimate of drug-likeness (QED) is 0.907. The van der Waals surface area contributed by atoms with Crippen LogP contribution in [0.5, 0.6) is 0 Å². The topological polar surface area (TPSA) is 44.3 Å². The molecule has 21 heavy (non-hydrogen) atoms. The lowest BCUT2D eigenvalue weighted by Crippen LogP contribution is -2.55. The fourth-order valence-electron chi connectivity index (χ4n) is 3.49. The van der Waals surface area contributed by atoms with Gasteiger partial charge in [-0.3, -0.25) is 4.90 Å². The Morgan fingerprint density at radius 3 is 2.71 bits per heavy atom. The van der Waals surface area contributed by atoms with Crippen molar-refractivity contribution < 1.29 is 0 Å². The summed E-state index contributed by atoms with van der Waals surface area (Å²) in [6.07, 6.45) is 10.7. The van der Waals surface area contributed by atoms with Gasteiger partial charge in [0.15, 0.2) is 0 Å². The first-order valence-electron chi connectivity index (χ1n) is 8.42. The van der Waals surface area contributed by atoms with Crippen LogP contribution in [0.1, 0.15) is 37.7 Å². The first-order valence-corrected chi connectivity index (χ1v) is 8.42. The molecule has 1 aromatic heterocycles. The van der Waals surface area contributed by atoms with Crippen molar-refractivity contribution in [3.8, 4) is 0 Å². The molecule has 1 atom stereocenters. The van der Waals surface area contributed by atoms with E-state index < -0.39 is 0 Å². The Hall–Kier alpha value is -1.20. The minimum Gasteiger partial charge on any atom is -0.338 e. The Kier molecular flexibility index (Phi) is 3.78. The van der Waals surface area contributed by atoms with Crippen LogP contribution in [-0.4, -0.2) is 53.1 Å². The van der Waals surface area contributed by atoms with E-state index in [-0.39, 0.29) is 0 Å². The lowest BCUT2D eigenvalue weighted by atomic mass is 10.00. The third-order valence-electron chi connectivity index (χ3n) is 4.98. The fourth-order valence-corrected chi connectivity index (χ4v) is 3.49. The molecule has 3 fully saturated rings. The van der Waals surface area contributed by atoms with Crippen molar-refractivity contribution in [3.63, 3.8) is 0 Å². The van der Waals surface area contributed by atoms with Gasteiger partial charge in [0.25, 0.3) is 0 Å². The highest BCUT2D eigenvalue weighted by Crippen LogP contribution is 2.23. The Balaban J connectivity index is 1.36. The van der Waals surface area contributed by atoms with Gasteiger partial charge >= 0.3 is 0 Å². The molecule has 114 valence electrons. The number of aromatic nitrogens is 2. The molecule has 1 saturated carbocycles. The van der Waals surface area contributed by atoms with Crippen LogP contribution in [0.15, 0.2) is 12.4 Å². The fraction of sp³-hybridized carbons (Fsp3) is 0.750. The summed E-state index contributed by atoms with van der Waals surface area (Å²) >= 11 is 0. The van der Waals surface area contributed by atoms with Gasteiger partial charge < -0.3 is 10.2 Å². The van der Waals surface area contributed by atoms with E-state index in [2.05, 4.69) is 25.1 Å². The average molecular weight is 287 g/mol. The molecule has 4 rings (SSSR count). The molecule has 0 spiro atoms. The van der Waals surface area contributed by atoms with Crippen LogP contribution in [0.4, 0.5) is 5.95 Å². The largest absolute Gasteiger partial charge is 0.338 e. The van der Waals surface area contributed by atoms with Crippen LogP contribution in [-0.2, 0) is 6.54 Å². The summed E-state index contributed by atoms with van der Waals surface area (Å²) in [5.41, 5.74) is 1.20. The van der Waals surface area contributed by atoms with Gasteiger partial charge in [0.2, 0.25) is 5.95 Å². The van der Waals surface area contributed by atoms with Crippen molar-refractivity contribution in [1.82, 2.24) is 20.2 Å². The predicted octanol–water partition coefficient (Wildman–Crippen LogP) is 1.40. The predicted molar refractivity (Wildman–Crippen MR) is 83.3 cm³/mol. The molecule has 1 aromatic rings. The molecule has 1 aliphatic carbocycles. The number of piperidine rings is 1. The summed E-state index contributed by atoms with van der Waals surface area (Å²) in [5.74, 6) is 0.912. The smallest absolute Gasteiger partial charge is 0.225 e. The zero-order valence-electron chi connectivity index (χ0n) is 12.7. The number of anilines is 1. The molecule has 3 heterocycles. The van der Waals surface area contributed by atoms with Crippen molar-refractivity contribution in [2.75, 3.05) is 31.1 Å². The number of nitrogens with one attached hydrogen (secondary N) is 1. The highest BCUT2D eigenvalue weighted by molar-refractivity contribution is 5.31. The van der Waals surface area contributed by atoms with E-state index in [1.54, 1.807) is 0 Å². The van der Waals surface area contributed by atoms with Gasteiger partial charge in [0.1, 0.15) is 0 Å². The molecule has 0 aromatic carbocycles. The maximum absolute atomic E-state index is 4.59. The second-order valence-corrected chi connectivity index (χ2v) is 6.68. The highest BCUT2D eigenvalue weighted by Gasteiger charge is 2.29. The van der Waals surface area contributed by atoms with Crippen molar-refractivity contribution in [2.45, 2.75) is 50.7 Å². The van der Waals surface area contributed by atoms with Crippen molar-refractivity contribution in [1.29, 1.82) is 0 Å². The standard InChI is InChI=1S/C16H25N5/c1-2-6-20-7-8-21(12-15(20)3-1)16-18-10-13(11-19-16)9-17-14-4-5-14/h10-11,14-15,17H,1-9,12H2. The van der Waals surface area contributed by atoms with Gasteiger partial charge in [-0.05, 0) is 32.2 Å². The molecule has 0 bridgehead atoms.